The smallest absolute Gasteiger partial charge is 0.269 e. The SMILES string of the molecule is CCCCCN(C)C(=O)C1=NNC(=O)CC1. The minimum absolute atomic E-state index is 0.0731. The van der Waals surface area contributed by atoms with E-state index < -0.39 is 0 Å². The molecule has 0 bridgehead atoms. The maximum atomic E-state index is 11.8. The zero-order valence-corrected chi connectivity index (χ0v) is 9.95. The van der Waals surface area contributed by atoms with Gasteiger partial charge in [0.1, 0.15) is 5.71 Å². The summed E-state index contributed by atoms with van der Waals surface area (Å²) >= 11 is 0. The highest BCUT2D eigenvalue weighted by atomic mass is 16.2. The van der Waals surface area contributed by atoms with E-state index in [9.17, 15) is 9.59 Å². The summed E-state index contributed by atoms with van der Waals surface area (Å²) in [5.41, 5.74) is 2.79. The molecule has 0 atom stereocenters. The first-order valence-corrected chi connectivity index (χ1v) is 5.76. The summed E-state index contributed by atoms with van der Waals surface area (Å²) in [7, 11) is 1.77. The van der Waals surface area contributed by atoms with E-state index in [1.807, 2.05) is 0 Å². The van der Waals surface area contributed by atoms with E-state index in [1.54, 1.807) is 11.9 Å². The lowest BCUT2D eigenvalue weighted by Gasteiger charge is -2.19. The third-order valence-corrected chi connectivity index (χ3v) is 2.60. The molecule has 0 aromatic rings. The minimum atomic E-state index is -0.120. The number of rotatable bonds is 5. The summed E-state index contributed by atoms with van der Waals surface area (Å²) < 4.78 is 0. The Morgan fingerprint density at radius 1 is 1.44 bits per heavy atom. The first-order chi connectivity index (χ1) is 7.65. The minimum Gasteiger partial charge on any atom is -0.341 e. The highest BCUT2D eigenvalue weighted by Crippen LogP contribution is 2.04. The number of hydrazone groups is 1. The van der Waals surface area contributed by atoms with Crippen LogP contribution < -0.4 is 5.43 Å². The van der Waals surface area contributed by atoms with Crippen LogP contribution >= 0.6 is 0 Å². The van der Waals surface area contributed by atoms with Gasteiger partial charge >= 0.3 is 0 Å². The maximum Gasteiger partial charge on any atom is 0.269 e. The van der Waals surface area contributed by atoms with Gasteiger partial charge in [-0.05, 0) is 6.42 Å². The van der Waals surface area contributed by atoms with Gasteiger partial charge in [0.05, 0.1) is 0 Å². The molecule has 1 aliphatic heterocycles. The van der Waals surface area contributed by atoms with Crippen molar-refractivity contribution in [3.05, 3.63) is 0 Å². The highest BCUT2D eigenvalue weighted by molar-refractivity contribution is 6.39. The Hall–Kier alpha value is -1.39. The van der Waals surface area contributed by atoms with Gasteiger partial charge in [-0.15, -0.1) is 0 Å². The zero-order valence-electron chi connectivity index (χ0n) is 9.95. The Kier molecular flexibility index (Phi) is 4.95. The van der Waals surface area contributed by atoms with Crippen molar-refractivity contribution < 1.29 is 9.59 Å². The van der Waals surface area contributed by atoms with E-state index in [0.29, 0.717) is 18.6 Å². The maximum absolute atomic E-state index is 11.8. The first-order valence-electron chi connectivity index (χ1n) is 5.76. The lowest BCUT2D eigenvalue weighted by Crippen LogP contribution is -2.38. The number of carbonyl (C=O) groups is 2. The van der Waals surface area contributed by atoms with Crippen molar-refractivity contribution in [3.63, 3.8) is 0 Å². The topological polar surface area (TPSA) is 61.8 Å². The molecule has 1 N–H and O–H groups in total. The van der Waals surface area contributed by atoms with E-state index in [4.69, 9.17) is 0 Å². The molecule has 1 rings (SSSR count). The van der Waals surface area contributed by atoms with Crippen LogP contribution in [0.1, 0.15) is 39.0 Å². The fourth-order valence-electron chi connectivity index (χ4n) is 1.55. The summed E-state index contributed by atoms with van der Waals surface area (Å²) in [4.78, 5) is 24.4. The largest absolute Gasteiger partial charge is 0.341 e. The number of carbonyl (C=O) groups excluding carboxylic acids is 2. The molecule has 0 spiro atoms. The lowest BCUT2D eigenvalue weighted by atomic mass is 10.1. The summed E-state index contributed by atoms with van der Waals surface area (Å²) in [5, 5.41) is 3.79. The molecule has 0 saturated carbocycles. The lowest BCUT2D eigenvalue weighted by molar-refractivity contribution is -0.123. The van der Waals surface area contributed by atoms with Gasteiger partial charge in [0.25, 0.3) is 5.91 Å². The summed E-state index contributed by atoms with van der Waals surface area (Å²) in [6.07, 6.45) is 4.08. The molecule has 0 unspecified atom stereocenters. The summed E-state index contributed by atoms with van der Waals surface area (Å²) in [6, 6.07) is 0. The van der Waals surface area contributed by atoms with Gasteiger partial charge in [-0.2, -0.15) is 5.10 Å². The van der Waals surface area contributed by atoms with E-state index in [0.717, 1.165) is 25.8 Å². The molecule has 2 amide bonds. The van der Waals surface area contributed by atoms with Crippen molar-refractivity contribution in [2.75, 3.05) is 13.6 Å². The second-order valence-corrected chi connectivity index (χ2v) is 4.03. The van der Waals surface area contributed by atoms with E-state index in [-0.39, 0.29) is 11.8 Å². The molecule has 90 valence electrons. The van der Waals surface area contributed by atoms with E-state index >= 15 is 0 Å². The number of unbranched alkanes of at least 4 members (excludes halogenated alkanes) is 2. The summed E-state index contributed by atoms with van der Waals surface area (Å²) in [6.45, 7) is 2.88. The van der Waals surface area contributed by atoms with Crippen molar-refractivity contribution in [1.29, 1.82) is 0 Å². The quantitative estimate of drug-likeness (QED) is 0.707. The normalized spacial score (nSPS) is 15.4. The van der Waals surface area contributed by atoms with Crippen LogP contribution in [-0.4, -0.2) is 36.0 Å². The highest BCUT2D eigenvalue weighted by Gasteiger charge is 2.20. The number of hydrogen-bond donors (Lipinski definition) is 1. The Morgan fingerprint density at radius 2 is 2.19 bits per heavy atom. The molecule has 1 heterocycles. The van der Waals surface area contributed by atoms with Crippen molar-refractivity contribution in [2.45, 2.75) is 39.0 Å². The fraction of sp³-hybridized carbons (Fsp3) is 0.727. The third kappa shape index (κ3) is 3.64. The van der Waals surface area contributed by atoms with Gasteiger partial charge in [0.15, 0.2) is 0 Å². The van der Waals surface area contributed by atoms with Crippen molar-refractivity contribution in [2.24, 2.45) is 5.10 Å². The second kappa shape index (κ2) is 6.25. The average molecular weight is 225 g/mol. The molecule has 0 aromatic heterocycles. The van der Waals surface area contributed by atoms with Crippen LogP contribution in [0.2, 0.25) is 0 Å². The first kappa shape index (κ1) is 12.7. The predicted octanol–water partition coefficient (Wildman–Crippen LogP) is 0.901. The van der Waals surface area contributed by atoms with Crippen LogP contribution in [0.5, 0.6) is 0 Å². The van der Waals surface area contributed by atoms with Crippen LogP contribution in [0.25, 0.3) is 0 Å². The van der Waals surface area contributed by atoms with Crippen LogP contribution in [-0.2, 0) is 9.59 Å². The number of nitrogens with zero attached hydrogens (tertiary/aromatic N) is 2. The molecule has 0 fully saturated rings. The third-order valence-electron chi connectivity index (χ3n) is 2.60. The predicted molar refractivity (Wildman–Crippen MR) is 62.0 cm³/mol. The second-order valence-electron chi connectivity index (χ2n) is 4.03. The number of amides is 2. The Bertz CT molecular complexity index is 300. The number of nitrogens with one attached hydrogen (secondary N) is 1. The Labute approximate surface area is 95.9 Å². The molecule has 0 saturated heterocycles. The Morgan fingerprint density at radius 3 is 2.75 bits per heavy atom. The number of hydrogen-bond acceptors (Lipinski definition) is 3. The fourth-order valence-corrected chi connectivity index (χ4v) is 1.55. The zero-order chi connectivity index (χ0) is 12.0. The van der Waals surface area contributed by atoms with Gasteiger partial charge in [-0.1, -0.05) is 19.8 Å². The van der Waals surface area contributed by atoms with Gasteiger partial charge < -0.3 is 4.90 Å². The standard InChI is InChI=1S/C11H19N3O2/c1-3-4-5-8-14(2)11(16)9-6-7-10(15)13-12-9/h3-8H2,1-2H3,(H,13,15). The van der Waals surface area contributed by atoms with Crippen LogP contribution in [0.15, 0.2) is 5.10 Å². The van der Waals surface area contributed by atoms with Gasteiger partial charge in [-0.3, -0.25) is 9.59 Å². The molecule has 5 nitrogen and oxygen atoms in total. The van der Waals surface area contributed by atoms with Gasteiger partial charge in [-0.25, -0.2) is 5.43 Å². The van der Waals surface area contributed by atoms with Gasteiger partial charge in [0, 0.05) is 26.4 Å². The van der Waals surface area contributed by atoms with Crippen molar-refractivity contribution in [3.8, 4) is 0 Å². The van der Waals surface area contributed by atoms with Gasteiger partial charge in [0.2, 0.25) is 5.91 Å². The molecule has 16 heavy (non-hydrogen) atoms. The summed E-state index contributed by atoms with van der Waals surface area (Å²) in [5.74, 6) is -0.193. The molecular weight excluding hydrogens is 206 g/mol. The molecule has 0 aromatic carbocycles. The Balaban J connectivity index is 2.41. The van der Waals surface area contributed by atoms with E-state index in [2.05, 4.69) is 17.5 Å². The van der Waals surface area contributed by atoms with Crippen LogP contribution in [0.3, 0.4) is 0 Å². The molecule has 5 heteroatoms. The molecule has 1 aliphatic rings. The van der Waals surface area contributed by atoms with Crippen molar-refractivity contribution >= 4 is 17.5 Å². The van der Waals surface area contributed by atoms with Crippen LogP contribution in [0.4, 0.5) is 0 Å². The molecular formula is C11H19N3O2. The molecule has 0 aliphatic carbocycles. The molecule has 0 radical (unpaired) electrons. The van der Waals surface area contributed by atoms with Crippen molar-refractivity contribution in [1.82, 2.24) is 10.3 Å². The monoisotopic (exact) mass is 225 g/mol. The van der Waals surface area contributed by atoms with E-state index in [1.165, 1.54) is 0 Å². The average Bonchev–Trinajstić information content (AvgIpc) is 2.29. The van der Waals surface area contributed by atoms with Crippen LogP contribution in [0, 0.1) is 0 Å².